The van der Waals surface area contributed by atoms with Crippen LogP contribution in [0.1, 0.15) is 49.0 Å². The highest BCUT2D eigenvalue weighted by Gasteiger charge is 2.40. The van der Waals surface area contributed by atoms with Crippen molar-refractivity contribution in [1.82, 2.24) is 19.8 Å². The van der Waals surface area contributed by atoms with Crippen LogP contribution in [0.3, 0.4) is 0 Å². The molecule has 1 saturated carbocycles. The molecule has 12 heteroatoms. The molecule has 1 aliphatic carbocycles. The zero-order chi connectivity index (χ0) is 24.8. The molecule has 0 spiro atoms. The second-order valence-electron chi connectivity index (χ2n) is 9.26. The van der Waals surface area contributed by atoms with E-state index in [0.717, 1.165) is 22.3 Å². The molecule has 1 aliphatic heterocycles. The molecule has 0 aromatic carbocycles. The fourth-order valence-corrected chi connectivity index (χ4v) is 4.07. The summed E-state index contributed by atoms with van der Waals surface area (Å²) in [5.74, 6) is -4.23. The molecule has 4 rings (SSSR count). The second-order valence-corrected chi connectivity index (χ2v) is 9.26. The third-order valence-corrected chi connectivity index (χ3v) is 5.91. The van der Waals surface area contributed by atoms with Gasteiger partial charge in [-0.15, -0.1) is 0 Å². The van der Waals surface area contributed by atoms with E-state index in [4.69, 9.17) is 0 Å². The molecule has 0 atom stereocenters. The molecule has 2 amide bonds. The van der Waals surface area contributed by atoms with Gasteiger partial charge in [-0.1, -0.05) is 18.4 Å². The molecule has 184 valence electrons. The first-order chi connectivity index (χ1) is 16.0. The van der Waals surface area contributed by atoms with Crippen molar-refractivity contribution in [2.24, 2.45) is 5.92 Å². The SMILES string of the molecule is CNc1[nH]n2c(=O)c(C(=O)NC3CC3)c(O)[n+](CC(C)C)c2c1/C=C/C(=O)N1CCC(F)(F)C1. The number of amides is 2. The first-order valence-corrected chi connectivity index (χ1v) is 11.3. The molecule has 2 aromatic heterocycles. The van der Waals surface area contributed by atoms with Crippen LogP contribution in [0.4, 0.5) is 14.6 Å². The minimum Gasteiger partial charge on any atom is -0.477 e. The number of aromatic amines is 1. The Morgan fingerprint density at radius 3 is 2.62 bits per heavy atom. The van der Waals surface area contributed by atoms with Crippen molar-refractivity contribution in [3.05, 3.63) is 27.6 Å². The second kappa shape index (κ2) is 8.73. The lowest BCUT2D eigenvalue weighted by molar-refractivity contribution is -0.686. The monoisotopic (exact) mass is 479 g/mol. The van der Waals surface area contributed by atoms with E-state index >= 15 is 0 Å². The molecule has 0 radical (unpaired) electrons. The van der Waals surface area contributed by atoms with Crippen LogP contribution < -0.4 is 20.8 Å². The molecule has 0 bridgehead atoms. The number of halogens is 2. The van der Waals surface area contributed by atoms with E-state index in [2.05, 4.69) is 15.7 Å². The summed E-state index contributed by atoms with van der Waals surface area (Å²) in [6.07, 6.45) is 3.84. The predicted octanol–water partition coefficient (Wildman–Crippen LogP) is 1.09. The van der Waals surface area contributed by atoms with Crippen molar-refractivity contribution in [2.45, 2.75) is 51.6 Å². The van der Waals surface area contributed by atoms with Crippen LogP contribution >= 0.6 is 0 Å². The average Bonchev–Trinajstić information content (AvgIpc) is 3.37. The summed E-state index contributed by atoms with van der Waals surface area (Å²) in [5.41, 5.74) is -0.518. The van der Waals surface area contributed by atoms with Gasteiger partial charge in [-0.25, -0.2) is 18.7 Å². The summed E-state index contributed by atoms with van der Waals surface area (Å²) in [5, 5.41) is 19.5. The topological polar surface area (TPSA) is 123 Å². The van der Waals surface area contributed by atoms with Crippen LogP contribution in [0.25, 0.3) is 11.7 Å². The molecule has 1 saturated heterocycles. The van der Waals surface area contributed by atoms with Gasteiger partial charge in [0.15, 0.2) is 5.82 Å². The number of alkyl halides is 2. The number of hydrogen-bond donors (Lipinski definition) is 4. The Morgan fingerprint density at radius 1 is 1.35 bits per heavy atom. The van der Waals surface area contributed by atoms with Crippen molar-refractivity contribution >= 4 is 29.4 Å². The zero-order valence-electron chi connectivity index (χ0n) is 19.3. The van der Waals surface area contributed by atoms with Crippen molar-refractivity contribution < 1.29 is 28.0 Å². The smallest absolute Gasteiger partial charge is 0.378 e. The third-order valence-electron chi connectivity index (χ3n) is 5.91. The van der Waals surface area contributed by atoms with Gasteiger partial charge in [-0.3, -0.25) is 9.59 Å². The molecule has 0 unspecified atom stereocenters. The lowest BCUT2D eigenvalue weighted by Gasteiger charge is -2.13. The fraction of sp³-hybridized carbons (Fsp3) is 0.545. The standard InChI is InChI=1S/C22H28F2N6O4/c1-12(2)10-29-19-14(6-7-15(31)28-9-8-22(23,24)11-28)17(25-3)27-30(19)21(34)16(20(29)33)18(32)26-13-4-5-13/h6-7,12-13H,4-5,8-11H2,1-3H3,(H3,25,26,27,32,33,34)/p+1/b7-6+. The van der Waals surface area contributed by atoms with E-state index in [1.165, 1.54) is 16.7 Å². The number of anilines is 1. The largest absolute Gasteiger partial charge is 0.477 e. The van der Waals surface area contributed by atoms with Gasteiger partial charge < -0.3 is 20.6 Å². The highest BCUT2D eigenvalue weighted by Crippen LogP contribution is 2.28. The summed E-state index contributed by atoms with van der Waals surface area (Å²) in [6.45, 7) is 3.41. The predicted molar refractivity (Wildman–Crippen MR) is 120 cm³/mol. The van der Waals surface area contributed by atoms with Crippen LogP contribution in [0, 0.1) is 5.92 Å². The minimum atomic E-state index is -2.91. The van der Waals surface area contributed by atoms with Gasteiger partial charge in [-0.2, -0.15) is 4.57 Å². The minimum absolute atomic E-state index is 0.00970. The summed E-state index contributed by atoms with van der Waals surface area (Å²) < 4.78 is 29.6. The number of likely N-dealkylation sites (tertiary alicyclic amines) is 1. The van der Waals surface area contributed by atoms with Gasteiger partial charge >= 0.3 is 17.1 Å². The van der Waals surface area contributed by atoms with Gasteiger partial charge in [0, 0.05) is 32.1 Å². The van der Waals surface area contributed by atoms with E-state index in [-0.39, 0.29) is 42.7 Å². The lowest BCUT2D eigenvalue weighted by Crippen LogP contribution is -2.46. The van der Waals surface area contributed by atoms with Crippen LogP contribution in [-0.2, 0) is 11.3 Å². The van der Waals surface area contributed by atoms with Gasteiger partial charge in [0.05, 0.1) is 13.1 Å². The number of aromatic nitrogens is 3. The Bertz CT molecular complexity index is 1230. The summed E-state index contributed by atoms with van der Waals surface area (Å²) in [6, 6.07) is -0.00970. The first kappa shape index (κ1) is 23.7. The zero-order valence-corrected chi connectivity index (χ0v) is 19.3. The number of nitrogens with one attached hydrogen (secondary N) is 3. The van der Waals surface area contributed by atoms with Crippen LogP contribution in [0.15, 0.2) is 10.9 Å². The van der Waals surface area contributed by atoms with Crippen molar-refractivity contribution in [1.29, 1.82) is 0 Å². The molecule has 2 aliphatic rings. The molecule has 10 nitrogen and oxygen atoms in total. The highest BCUT2D eigenvalue weighted by molar-refractivity contribution is 5.97. The summed E-state index contributed by atoms with van der Waals surface area (Å²) in [7, 11) is 1.60. The van der Waals surface area contributed by atoms with E-state index < -0.39 is 35.7 Å². The number of aromatic hydroxyl groups is 1. The van der Waals surface area contributed by atoms with Crippen LogP contribution in [-0.4, -0.2) is 63.5 Å². The number of carbonyl (C=O) groups excluding carboxylic acids is 2. The normalized spacial score (nSPS) is 17.8. The van der Waals surface area contributed by atoms with Crippen molar-refractivity contribution in [2.75, 3.05) is 25.5 Å². The highest BCUT2D eigenvalue weighted by atomic mass is 19.3. The molecule has 3 heterocycles. The van der Waals surface area contributed by atoms with Crippen LogP contribution in [0.5, 0.6) is 5.88 Å². The fourth-order valence-electron chi connectivity index (χ4n) is 4.07. The molecular weight excluding hydrogens is 450 g/mol. The van der Waals surface area contributed by atoms with Crippen molar-refractivity contribution in [3.8, 4) is 5.88 Å². The maximum Gasteiger partial charge on any atom is 0.378 e. The Hall–Kier alpha value is -3.44. The van der Waals surface area contributed by atoms with Crippen molar-refractivity contribution in [3.63, 3.8) is 0 Å². The lowest BCUT2D eigenvalue weighted by atomic mass is 10.2. The number of rotatable bonds is 7. The third kappa shape index (κ3) is 4.48. The molecular formula is C22H29F2N6O4+. The maximum absolute atomic E-state index is 13.5. The van der Waals surface area contributed by atoms with Gasteiger partial charge in [0.1, 0.15) is 5.56 Å². The number of fused-ring (bicyclic) bond motifs is 1. The molecule has 4 N–H and O–H groups in total. The number of nitrogens with zero attached hydrogens (tertiary/aromatic N) is 3. The average molecular weight is 480 g/mol. The Morgan fingerprint density at radius 2 is 2.06 bits per heavy atom. The maximum atomic E-state index is 13.5. The summed E-state index contributed by atoms with van der Waals surface area (Å²) in [4.78, 5) is 39.5. The first-order valence-electron chi connectivity index (χ1n) is 11.3. The van der Waals surface area contributed by atoms with Gasteiger partial charge in [0.25, 0.3) is 11.8 Å². The van der Waals surface area contributed by atoms with E-state index in [0.29, 0.717) is 11.4 Å². The number of H-pyrrole nitrogens is 1. The Labute approximate surface area is 194 Å². The number of hydrogen-bond acceptors (Lipinski definition) is 5. The quantitative estimate of drug-likeness (QED) is 0.350. The van der Waals surface area contributed by atoms with E-state index in [1.54, 1.807) is 7.05 Å². The van der Waals surface area contributed by atoms with E-state index in [1.807, 2.05) is 13.8 Å². The molecule has 34 heavy (non-hydrogen) atoms. The Balaban J connectivity index is 1.82. The van der Waals surface area contributed by atoms with Crippen LogP contribution in [0.2, 0.25) is 0 Å². The number of carbonyl (C=O) groups is 2. The van der Waals surface area contributed by atoms with Gasteiger partial charge in [0.2, 0.25) is 11.5 Å². The summed E-state index contributed by atoms with van der Waals surface area (Å²) >= 11 is 0. The molecule has 2 fully saturated rings. The van der Waals surface area contributed by atoms with E-state index in [9.17, 15) is 28.3 Å². The van der Waals surface area contributed by atoms with Gasteiger partial charge in [-0.05, 0) is 24.8 Å². The molecule has 2 aromatic rings. The Kier molecular flexibility index (Phi) is 6.09.